The number of hydrogen-bond donors (Lipinski definition) is 1. The molecule has 2 heterocycles. The molecule has 5 heteroatoms. The Morgan fingerprint density at radius 3 is 2.94 bits per heavy atom. The van der Waals surface area contributed by atoms with Gasteiger partial charge >= 0.3 is 0 Å². The van der Waals surface area contributed by atoms with Crippen molar-refractivity contribution in [3.8, 4) is 0 Å². The van der Waals surface area contributed by atoms with E-state index in [1.807, 2.05) is 23.1 Å². The predicted molar refractivity (Wildman–Crippen MR) is 72.8 cm³/mol. The third kappa shape index (κ3) is 3.23. The molecule has 0 aromatic carbocycles. The van der Waals surface area contributed by atoms with Gasteiger partial charge in [-0.15, -0.1) is 23.1 Å². The number of fused-ring (bicyclic) bond motifs is 1. The Balaban J connectivity index is 1.98. The first kappa shape index (κ1) is 13.4. The standard InChI is InChI=1S/C12H19NO2S2/c1-8-6-10(13-7-11(14-2)15-3)9-4-5-16-12(9)17-8/h4-5,8,10-11,13H,6-7H2,1-3H3/t8-,10?/m0/s1. The molecule has 2 atom stereocenters. The van der Waals surface area contributed by atoms with E-state index >= 15 is 0 Å². The van der Waals surface area contributed by atoms with Crippen molar-refractivity contribution in [2.75, 3.05) is 20.8 Å². The molecule has 0 spiro atoms. The minimum atomic E-state index is -0.165. The third-order valence-electron chi connectivity index (χ3n) is 2.97. The van der Waals surface area contributed by atoms with Crippen molar-refractivity contribution in [3.05, 3.63) is 17.0 Å². The van der Waals surface area contributed by atoms with Crippen LogP contribution in [0.1, 0.15) is 24.9 Å². The van der Waals surface area contributed by atoms with Crippen molar-refractivity contribution in [2.45, 2.75) is 35.1 Å². The van der Waals surface area contributed by atoms with Crippen LogP contribution in [0.4, 0.5) is 0 Å². The zero-order valence-electron chi connectivity index (χ0n) is 10.4. The number of hydrogen-bond acceptors (Lipinski definition) is 5. The maximum atomic E-state index is 5.20. The normalized spacial score (nSPS) is 24.0. The van der Waals surface area contributed by atoms with Crippen LogP contribution in [0.25, 0.3) is 0 Å². The molecular weight excluding hydrogens is 254 g/mol. The van der Waals surface area contributed by atoms with Crippen molar-refractivity contribution in [1.29, 1.82) is 0 Å². The number of methoxy groups -OCH3 is 2. The molecule has 0 bridgehead atoms. The minimum absolute atomic E-state index is 0.165. The van der Waals surface area contributed by atoms with Crippen LogP contribution in [0.15, 0.2) is 15.7 Å². The van der Waals surface area contributed by atoms with E-state index < -0.39 is 0 Å². The summed E-state index contributed by atoms with van der Waals surface area (Å²) in [5, 5.41) is 6.38. The molecule has 1 N–H and O–H groups in total. The Morgan fingerprint density at radius 1 is 1.47 bits per heavy atom. The monoisotopic (exact) mass is 273 g/mol. The summed E-state index contributed by atoms with van der Waals surface area (Å²) in [5.41, 5.74) is 1.43. The lowest BCUT2D eigenvalue weighted by atomic mass is 10.1. The molecule has 1 aliphatic rings. The van der Waals surface area contributed by atoms with Gasteiger partial charge in [0.15, 0.2) is 6.29 Å². The van der Waals surface area contributed by atoms with Crippen LogP contribution in [0.5, 0.6) is 0 Å². The number of ether oxygens (including phenoxy) is 2. The van der Waals surface area contributed by atoms with Crippen molar-refractivity contribution >= 4 is 23.1 Å². The first-order valence-electron chi connectivity index (χ1n) is 5.77. The van der Waals surface area contributed by atoms with Crippen LogP contribution in [-0.2, 0) is 9.47 Å². The molecule has 96 valence electrons. The lowest BCUT2D eigenvalue weighted by molar-refractivity contribution is -0.100. The van der Waals surface area contributed by atoms with Crippen LogP contribution in [-0.4, -0.2) is 32.3 Å². The molecular formula is C12H19NO2S2. The minimum Gasteiger partial charge on any atom is -0.355 e. The summed E-state index contributed by atoms with van der Waals surface area (Å²) < 4.78 is 11.9. The van der Waals surface area contributed by atoms with E-state index in [0.717, 1.165) is 13.0 Å². The Morgan fingerprint density at radius 2 is 2.24 bits per heavy atom. The summed E-state index contributed by atoms with van der Waals surface area (Å²) in [4.78, 5) is 0. The molecule has 17 heavy (non-hydrogen) atoms. The van der Waals surface area contributed by atoms with E-state index in [4.69, 9.17) is 9.47 Å². The van der Waals surface area contributed by atoms with Crippen LogP contribution < -0.4 is 5.32 Å². The van der Waals surface area contributed by atoms with Gasteiger partial charge in [-0.2, -0.15) is 0 Å². The van der Waals surface area contributed by atoms with E-state index in [-0.39, 0.29) is 6.29 Å². The Hall–Kier alpha value is -0.0700. The summed E-state index contributed by atoms with van der Waals surface area (Å²) >= 11 is 3.82. The van der Waals surface area contributed by atoms with Gasteiger partial charge in [-0.05, 0) is 23.4 Å². The summed E-state index contributed by atoms with van der Waals surface area (Å²) in [7, 11) is 3.34. The van der Waals surface area contributed by atoms with E-state index in [1.165, 1.54) is 9.77 Å². The summed E-state index contributed by atoms with van der Waals surface area (Å²) in [6.45, 7) is 3.01. The highest BCUT2D eigenvalue weighted by molar-refractivity contribution is 8.01. The second-order valence-corrected chi connectivity index (χ2v) is 6.81. The van der Waals surface area contributed by atoms with Gasteiger partial charge < -0.3 is 14.8 Å². The number of thiophene rings is 1. The van der Waals surface area contributed by atoms with Gasteiger partial charge in [0.05, 0.1) is 4.21 Å². The van der Waals surface area contributed by atoms with Crippen molar-refractivity contribution in [1.82, 2.24) is 5.32 Å². The smallest absolute Gasteiger partial charge is 0.169 e. The predicted octanol–water partition coefficient (Wildman–Crippen LogP) is 2.88. The fourth-order valence-corrected chi connectivity index (χ4v) is 4.61. The molecule has 3 nitrogen and oxygen atoms in total. The van der Waals surface area contributed by atoms with Crippen LogP contribution in [0.2, 0.25) is 0 Å². The first-order chi connectivity index (χ1) is 8.24. The van der Waals surface area contributed by atoms with Gasteiger partial charge in [0.2, 0.25) is 0 Å². The molecule has 2 rings (SSSR count). The van der Waals surface area contributed by atoms with E-state index in [9.17, 15) is 0 Å². The topological polar surface area (TPSA) is 30.5 Å². The Labute approximate surface area is 111 Å². The molecule has 0 radical (unpaired) electrons. The molecule has 1 unspecified atom stereocenters. The van der Waals surface area contributed by atoms with Gasteiger partial charge in [0.25, 0.3) is 0 Å². The average molecular weight is 273 g/mol. The Bertz CT molecular complexity index is 352. The molecule has 0 fully saturated rings. The quantitative estimate of drug-likeness (QED) is 0.836. The van der Waals surface area contributed by atoms with Gasteiger partial charge in [-0.1, -0.05) is 6.92 Å². The van der Waals surface area contributed by atoms with E-state index in [2.05, 4.69) is 23.7 Å². The van der Waals surface area contributed by atoms with Crippen LogP contribution >= 0.6 is 23.1 Å². The summed E-state index contributed by atoms with van der Waals surface area (Å²) in [5.74, 6) is 0. The van der Waals surface area contributed by atoms with Crippen molar-refractivity contribution < 1.29 is 9.47 Å². The van der Waals surface area contributed by atoms with E-state index in [1.54, 1.807) is 14.2 Å². The maximum absolute atomic E-state index is 5.20. The molecule has 0 saturated heterocycles. The number of nitrogens with one attached hydrogen (secondary N) is 1. The lowest BCUT2D eigenvalue weighted by Gasteiger charge is -2.28. The number of rotatable bonds is 5. The number of thioether (sulfide) groups is 1. The van der Waals surface area contributed by atoms with Crippen LogP contribution in [0, 0.1) is 0 Å². The molecule has 1 aliphatic heterocycles. The van der Waals surface area contributed by atoms with Crippen molar-refractivity contribution in [3.63, 3.8) is 0 Å². The molecule has 0 saturated carbocycles. The summed E-state index contributed by atoms with van der Waals surface area (Å²) in [6.07, 6.45) is 0.996. The average Bonchev–Trinajstić information content (AvgIpc) is 2.78. The van der Waals surface area contributed by atoms with Gasteiger partial charge in [-0.25, -0.2) is 0 Å². The third-order valence-corrected chi connectivity index (χ3v) is 5.31. The highest BCUT2D eigenvalue weighted by Crippen LogP contribution is 2.43. The lowest BCUT2D eigenvalue weighted by Crippen LogP contribution is -2.34. The van der Waals surface area contributed by atoms with Gasteiger partial charge in [-0.3, -0.25) is 0 Å². The van der Waals surface area contributed by atoms with Gasteiger partial charge in [0, 0.05) is 32.1 Å². The second kappa shape index (κ2) is 6.20. The largest absolute Gasteiger partial charge is 0.355 e. The van der Waals surface area contributed by atoms with Crippen molar-refractivity contribution in [2.24, 2.45) is 0 Å². The highest BCUT2D eigenvalue weighted by Gasteiger charge is 2.26. The highest BCUT2D eigenvalue weighted by atomic mass is 32.2. The molecule has 1 aromatic heterocycles. The maximum Gasteiger partial charge on any atom is 0.169 e. The molecule has 1 aromatic rings. The SMILES string of the molecule is COC(CNC1C[C@H](C)Sc2sccc21)OC. The molecule has 0 amide bonds. The second-order valence-electron chi connectivity index (χ2n) is 4.19. The zero-order chi connectivity index (χ0) is 12.3. The summed E-state index contributed by atoms with van der Waals surface area (Å²) in [6, 6.07) is 2.66. The first-order valence-corrected chi connectivity index (χ1v) is 7.53. The van der Waals surface area contributed by atoms with Gasteiger partial charge in [0.1, 0.15) is 0 Å². The fraction of sp³-hybridized carbons (Fsp3) is 0.667. The molecule has 0 aliphatic carbocycles. The Kier molecular flexibility index (Phi) is 4.87. The van der Waals surface area contributed by atoms with Crippen LogP contribution in [0.3, 0.4) is 0 Å². The zero-order valence-corrected chi connectivity index (χ0v) is 12.1. The van der Waals surface area contributed by atoms with E-state index in [0.29, 0.717) is 11.3 Å². The fourth-order valence-electron chi connectivity index (χ4n) is 2.04.